The van der Waals surface area contributed by atoms with Gasteiger partial charge in [-0.3, -0.25) is 9.59 Å². The van der Waals surface area contributed by atoms with Gasteiger partial charge in [0.1, 0.15) is 18.1 Å². The summed E-state index contributed by atoms with van der Waals surface area (Å²) < 4.78 is 49.1. The van der Waals surface area contributed by atoms with Crippen molar-refractivity contribution < 1.29 is 31.9 Å². The maximum Gasteiger partial charge on any atom is 0.321 e. The van der Waals surface area contributed by atoms with E-state index < -0.39 is 40.4 Å². The van der Waals surface area contributed by atoms with Crippen LogP contribution in [0.3, 0.4) is 0 Å². The first-order chi connectivity index (χ1) is 13.2. The van der Waals surface area contributed by atoms with Crippen LogP contribution in [0.15, 0.2) is 53.4 Å². The minimum Gasteiger partial charge on any atom is -0.497 e. The Hall–Kier alpha value is -2.98. The molecule has 0 saturated heterocycles. The van der Waals surface area contributed by atoms with E-state index in [4.69, 9.17) is 9.47 Å². The zero-order chi connectivity index (χ0) is 20.7. The summed E-state index contributed by atoms with van der Waals surface area (Å²) in [7, 11) is -2.58. The van der Waals surface area contributed by atoms with Crippen molar-refractivity contribution in [2.45, 2.75) is 17.9 Å². The second-order valence-electron chi connectivity index (χ2n) is 5.63. The van der Waals surface area contributed by atoms with Crippen molar-refractivity contribution in [1.29, 1.82) is 0 Å². The Kier molecular flexibility index (Phi) is 7.07. The van der Waals surface area contributed by atoms with Gasteiger partial charge in [0.15, 0.2) is 6.10 Å². The van der Waals surface area contributed by atoms with Crippen molar-refractivity contribution in [3.63, 3.8) is 0 Å². The molecule has 0 aliphatic heterocycles. The fourth-order valence-corrected chi connectivity index (χ4v) is 3.08. The van der Waals surface area contributed by atoms with Crippen LogP contribution in [-0.4, -0.2) is 40.1 Å². The highest BCUT2D eigenvalue weighted by molar-refractivity contribution is 7.89. The smallest absolute Gasteiger partial charge is 0.321 e. The van der Waals surface area contributed by atoms with Crippen LogP contribution in [0, 0.1) is 5.82 Å². The molecule has 0 unspecified atom stereocenters. The number of esters is 1. The number of rotatable bonds is 8. The fourth-order valence-electron chi connectivity index (χ4n) is 2.08. The first-order valence-electron chi connectivity index (χ1n) is 8.11. The zero-order valence-electron chi connectivity index (χ0n) is 15.1. The Morgan fingerprint density at radius 3 is 2.43 bits per heavy atom. The number of hydrogen-bond acceptors (Lipinski definition) is 6. The summed E-state index contributed by atoms with van der Waals surface area (Å²) >= 11 is 0. The predicted molar refractivity (Wildman–Crippen MR) is 98.8 cm³/mol. The summed E-state index contributed by atoms with van der Waals surface area (Å²) in [5, 5.41) is 2.55. The number of ether oxygens (including phenoxy) is 2. The second kappa shape index (κ2) is 9.29. The first-order valence-corrected chi connectivity index (χ1v) is 9.59. The van der Waals surface area contributed by atoms with E-state index in [1.165, 1.54) is 26.2 Å². The molecule has 2 rings (SSSR count). The summed E-state index contributed by atoms with van der Waals surface area (Å²) in [5.41, 5.74) is 0.473. The first kappa shape index (κ1) is 21.3. The molecule has 0 spiro atoms. The van der Waals surface area contributed by atoms with Crippen molar-refractivity contribution in [1.82, 2.24) is 4.72 Å². The van der Waals surface area contributed by atoms with Gasteiger partial charge in [-0.05, 0) is 49.4 Å². The van der Waals surface area contributed by atoms with Crippen molar-refractivity contribution in [3.05, 3.63) is 54.3 Å². The average molecular weight is 410 g/mol. The third-order valence-electron chi connectivity index (χ3n) is 3.55. The Bertz CT molecular complexity index is 947. The molecule has 0 radical (unpaired) electrons. The summed E-state index contributed by atoms with van der Waals surface area (Å²) in [4.78, 5) is 23.6. The highest BCUT2D eigenvalue weighted by atomic mass is 32.2. The molecule has 8 nitrogen and oxygen atoms in total. The number of sulfonamides is 1. The number of nitrogens with one attached hydrogen (secondary N) is 2. The van der Waals surface area contributed by atoms with E-state index in [1.54, 1.807) is 24.3 Å². The van der Waals surface area contributed by atoms with E-state index in [0.717, 1.165) is 12.1 Å². The lowest BCUT2D eigenvalue weighted by molar-refractivity contribution is -0.151. The number of amides is 1. The summed E-state index contributed by atoms with van der Waals surface area (Å²) in [6, 6.07) is 10.8. The lowest BCUT2D eigenvalue weighted by atomic mass is 10.3. The Labute approximate surface area is 161 Å². The van der Waals surface area contributed by atoms with Crippen LogP contribution >= 0.6 is 0 Å². The summed E-state index contributed by atoms with van der Waals surface area (Å²) in [6.45, 7) is 0.636. The number of hydrogen-bond donors (Lipinski definition) is 2. The van der Waals surface area contributed by atoms with Crippen LogP contribution in [0.4, 0.5) is 10.1 Å². The van der Waals surface area contributed by atoms with E-state index in [9.17, 15) is 22.4 Å². The van der Waals surface area contributed by atoms with Gasteiger partial charge >= 0.3 is 5.97 Å². The van der Waals surface area contributed by atoms with Crippen LogP contribution in [0.5, 0.6) is 5.75 Å². The number of carbonyl (C=O) groups excluding carboxylic acids is 2. The molecular weight excluding hydrogens is 391 g/mol. The van der Waals surface area contributed by atoms with Gasteiger partial charge in [0.05, 0.1) is 12.0 Å². The Morgan fingerprint density at radius 2 is 1.82 bits per heavy atom. The van der Waals surface area contributed by atoms with Crippen LogP contribution in [0.1, 0.15) is 6.92 Å². The molecule has 0 saturated carbocycles. The third-order valence-corrected chi connectivity index (χ3v) is 4.95. The lowest BCUT2D eigenvalue weighted by Crippen LogP contribution is -2.35. The molecule has 2 aromatic carbocycles. The maximum absolute atomic E-state index is 13.1. The quantitative estimate of drug-likeness (QED) is 0.641. The fraction of sp³-hybridized carbons (Fsp3) is 0.222. The van der Waals surface area contributed by atoms with Crippen molar-refractivity contribution in [3.8, 4) is 5.75 Å². The number of carbonyl (C=O) groups is 2. The SMILES string of the molecule is COc1ccc(NC(=O)[C@H](C)OC(=O)CNS(=O)(=O)c2cccc(F)c2)cc1. The van der Waals surface area contributed by atoms with E-state index in [0.29, 0.717) is 11.4 Å². The Morgan fingerprint density at radius 1 is 1.14 bits per heavy atom. The minimum atomic E-state index is -4.09. The largest absolute Gasteiger partial charge is 0.497 e. The molecule has 0 aromatic heterocycles. The van der Waals surface area contributed by atoms with Crippen LogP contribution in [0.25, 0.3) is 0 Å². The van der Waals surface area contributed by atoms with Crippen molar-refractivity contribution in [2.75, 3.05) is 19.0 Å². The molecule has 0 bridgehead atoms. The van der Waals surface area contributed by atoms with Gasteiger partial charge in [0.2, 0.25) is 10.0 Å². The number of halogens is 1. The molecule has 10 heteroatoms. The van der Waals surface area contributed by atoms with Crippen molar-refractivity contribution in [2.24, 2.45) is 0 Å². The van der Waals surface area contributed by atoms with E-state index in [1.807, 2.05) is 4.72 Å². The second-order valence-corrected chi connectivity index (χ2v) is 7.40. The molecule has 1 atom stereocenters. The van der Waals surface area contributed by atoms with Gasteiger partial charge in [0, 0.05) is 5.69 Å². The molecular formula is C18H19FN2O6S. The number of benzene rings is 2. The minimum absolute atomic E-state index is 0.328. The van der Waals surface area contributed by atoms with Gasteiger partial charge in [-0.1, -0.05) is 6.07 Å². The number of anilines is 1. The summed E-state index contributed by atoms with van der Waals surface area (Å²) in [5.74, 6) is -1.67. The van der Waals surface area contributed by atoms with E-state index >= 15 is 0 Å². The standard InChI is InChI=1S/C18H19FN2O6S/c1-12(18(23)21-14-6-8-15(26-2)9-7-14)27-17(22)11-20-28(24,25)16-5-3-4-13(19)10-16/h3-10,12,20H,11H2,1-2H3,(H,21,23)/t12-/m0/s1. The molecule has 0 aliphatic carbocycles. The molecule has 2 aromatic rings. The molecule has 0 heterocycles. The van der Waals surface area contributed by atoms with Crippen LogP contribution in [-0.2, 0) is 24.3 Å². The van der Waals surface area contributed by atoms with Crippen LogP contribution in [0.2, 0.25) is 0 Å². The average Bonchev–Trinajstić information content (AvgIpc) is 2.67. The van der Waals surface area contributed by atoms with E-state index in [-0.39, 0.29) is 4.90 Å². The number of methoxy groups -OCH3 is 1. The highest BCUT2D eigenvalue weighted by Gasteiger charge is 2.21. The zero-order valence-corrected chi connectivity index (χ0v) is 16.0. The molecule has 2 N–H and O–H groups in total. The maximum atomic E-state index is 13.1. The monoisotopic (exact) mass is 410 g/mol. The normalized spacial score (nSPS) is 12.1. The highest BCUT2D eigenvalue weighted by Crippen LogP contribution is 2.15. The predicted octanol–water partition coefficient (Wildman–Crippen LogP) is 1.68. The van der Waals surface area contributed by atoms with Gasteiger partial charge in [-0.25, -0.2) is 12.8 Å². The van der Waals surface area contributed by atoms with Crippen LogP contribution < -0.4 is 14.8 Å². The molecule has 28 heavy (non-hydrogen) atoms. The lowest BCUT2D eigenvalue weighted by Gasteiger charge is -2.14. The molecule has 1 amide bonds. The van der Waals surface area contributed by atoms with E-state index in [2.05, 4.69) is 5.32 Å². The summed E-state index contributed by atoms with van der Waals surface area (Å²) in [6.07, 6.45) is -1.16. The molecule has 150 valence electrons. The van der Waals surface area contributed by atoms with Crippen molar-refractivity contribution >= 4 is 27.6 Å². The third kappa shape index (κ3) is 6.03. The molecule has 0 fully saturated rings. The molecule has 0 aliphatic rings. The Balaban J connectivity index is 1.86. The topological polar surface area (TPSA) is 111 Å². The van der Waals surface area contributed by atoms with Gasteiger partial charge in [-0.2, -0.15) is 4.72 Å². The van der Waals surface area contributed by atoms with Gasteiger partial charge < -0.3 is 14.8 Å². The van der Waals surface area contributed by atoms with Gasteiger partial charge in [0.25, 0.3) is 5.91 Å². The van der Waals surface area contributed by atoms with Gasteiger partial charge in [-0.15, -0.1) is 0 Å².